The van der Waals surface area contributed by atoms with Crippen LogP contribution in [0.2, 0.25) is 0 Å². The first-order chi connectivity index (χ1) is 12.6. The van der Waals surface area contributed by atoms with E-state index in [0.717, 1.165) is 35.9 Å². The minimum absolute atomic E-state index is 0.0647. The van der Waals surface area contributed by atoms with Gasteiger partial charge in [0.05, 0.1) is 17.5 Å². The summed E-state index contributed by atoms with van der Waals surface area (Å²) in [6.45, 7) is 10.7. The predicted octanol–water partition coefficient (Wildman–Crippen LogP) is 3.72. The van der Waals surface area contributed by atoms with Crippen LogP contribution in [0.4, 0.5) is 0 Å². The zero-order chi connectivity index (χ0) is 18.9. The molecule has 1 N–H and O–H groups in total. The predicted molar refractivity (Wildman–Crippen MR) is 107 cm³/mol. The molecule has 0 saturated carbocycles. The van der Waals surface area contributed by atoms with Crippen molar-refractivity contribution in [3.63, 3.8) is 0 Å². The van der Waals surface area contributed by atoms with E-state index >= 15 is 0 Å². The third kappa shape index (κ3) is 5.61. The zero-order valence-corrected chi connectivity index (χ0v) is 16.9. The molecule has 2 rings (SSSR count). The summed E-state index contributed by atoms with van der Waals surface area (Å²) in [6.07, 6.45) is 0. The second-order valence-corrected chi connectivity index (χ2v) is 7.23. The summed E-state index contributed by atoms with van der Waals surface area (Å²) in [4.78, 5) is 14.7. The summed E-state index contributed by atoms with van der Waals surface area (Å²) in [5.74, 6) is 2.08. The number of nitrogens with zero attached hydrogens (tertiary/aromatic N) is 2. The first-order valence-corrected chi connectivity index (χ1v) is 10.3. The van der Waals surface area contributed by atoms with Gasteiger partial charge in [-0.1, -0.05) is 49.3 Å². The van der Waals surface area contributed by atoms with Gasteiger partial charge < -0.3 is 9.84 Å². The Morgan fingerprint density at radius 3 is 2.50 bits per heavy atom. The van der Waals surface area contributed by atoms with Crippen LogP contribution in [0, 0.1) is 13.8 Å². The molecule has 5 nitrogen and oxygen atoms in total. The van der Waals surface area contributed by atoms with Crippen molar-refractivity contribution >= 4 is 17.7 Å². The van der Waals surface area contributed by atoms with Gasteiger partial charge in [0.2, 0.25) is 5.91 Å². The fourth-order valence-electron chi connectivity index (χ4n) is 3.01. The number of carbonyl (C=O) groups is 1. The number of aryl methyl sites for hydroxylation is 2. The van der Waals surface area contributed by atoms with Crippen molar-refractivity contribution in [2.24, 2.45) is 0 Å². The molecule has 26 heavy (non-hydrogen) atoms. The highest BCUT2D eigenvalue weighted by atomic mass is 32.2. The average Bonchev–Trinajstić information content (AvgIpc) is 2.98. The van der Waals surface area contributed by atoms with Crippen LogP contribution in [0.25, 0.3) is 0 Å². The molecular formula is C20H29N3O2S. The molecule has 0 saturated heterocycles. The van der Waals surface area contributed by atoms with Crippen molar-refractivity contribution in [3.8, 4) is 0 Å². The van der Waals surface area contributed by atoms with E-state index in [1.165, 1.54) is 5.56 Å². The molecule has 1 aromatic carbocycles. The Morgan fingerprint density at radius 2 is 1.92 bits per heavy atom. The van der Waals surface area contributed by atoms with Gasteiger partial charge in [-0.25, -0.2) is 0 Å². The first-order valence-electron chi connectivity index (χ1n) is 9.11. The number of hydrogen-bond donors (Lipinski definition) is 1. The summed E-state index contributed by atoms with van der Waals surface area (Å²) < 4.78 is 5.16. The summed E-state index contributed by atoms with van der Waals surface area (Å²) in [6, 6.07) is 10.6. The van der Waals surface area contributed by atoms with Crippen molar-refractivity contribution in [2.75, 3.05) is 25.4 Å². The number of rotatable bonds is 10. The largest absolute Gasteiger partial charge is 0.361 e. The smallest absolute Gasteiger partial charge is 0.230 e. The van der Waals surface area contributed by atoms with Gasteiger partial charge in [-0.05, 0) is 32.5 Å². The Morgan fingerprint density at radius 1 is 1.23 bits per heavy atom. The Labute approximate surface area is 160 Å². The monoisotopic (exact) mass is 375 g/mol. The highest BCUT2D eigenvalue weighted by Crippen LogP contribution is 2.21. The minimum Gasteiger partial charge on any atom is -0.361 e. The summed E-state index contributed by atoms with van der Waals surface area (Å²) >= 11 is 1.59. The van der Waals surface area contributed by atoms with E-state index in [0.29, 0.717) is 12.3 Å². The van der Waals surface area contributed by atoms with Gasteiger partial charge in [0.25, 0.3) is 0 Å². The molecule has 1 atom stereocenters. The lowest BCUT2D eigenvalue weighted by Crippen LogP contribution is -2.38. The van der Waals surface area contributed by atoms with E-state index in [1.54, 1.807) is 11.8 Å². The average molecular weight is 376 g/mol. The summed E-state index contributed by atoms with van der Waals surface area (Å²) in [5, 5.41) is 7.05. The van der Waals surface area contributed by atoms with Crippen LogP contribution in [0.3, 0.4) is 0 Å². The van der Waals surface area contributed by atoms with Crippen LogP contribution in [0.15, 0.2) is 34.9 Å². The fraction of sp³-hybridized carbons (Fsp3) is 0.500. The van der Waals surface area contributed by atoms with Gasteiger partial charge in [0.15, 0.2) is 0 Å². The molecule has 1 amide bonds. The molecule has 0 radical (unpaired) electrons. The van der Waals surface area contributed by atoms with E-state index in [2.05, 4.69) is 41.4 Å². The molecular weight excluding hydrogens is 346 g/mol. The molecule has 0 spiro atoms. The van der Waals surface area contributed by atoms with Crippen LogP contribution in [0.1, 0.15) is 42.5 Å². The second kappa shape index (κ2) is 10.4. The SMILES string of the molecule is CCN(CC)C(CNC(=O)CSCc1c(C)noc1C)c1ccccc1. The van der Waals surface area contributed by atoms with Crippen molar-refractivity contribution in [2.45, 2.75) is 39.5 Å². The number of thioether (sulfide) groups is 1. The van der Waals surface area contributed by atoms with Crippen LogP contribution in [-0.4, -0.2) is 41.4 Å². The van der Waals surface area contributed by atoms with Crippen LogP contribution >= 0.6 is 11.8 Å². The van der Waals surface area contributed by atoms with E-state index in [9.17, 15) is 4.79 Å². The topological polar surface area (TPSA) is 58.4 Å². The lowest BCUT2D eigenvalue weighted by Gasteiger charge is -2.30. The maximum atomic E-state index is 12.3. The summed E-state index contributed by atoms with van der Waals surface area (Å²) in [5.41, 5.74) is 3.23. The van der Waals surface area contributed by atoms with Crippen molar-refractivity contribution < 1.29 is 9.32 Å². The van der Waals surface area contributed by atoms with Crippen molar-refractivity contribution in [1.29, 1.82) is 0 Å². The fourth-order valence-corrected chi connectivity index (χ4v) is 4.02. The number of likely N-dealkylation sites (N-methyl/N-ethyl adjacent to an activating group) is 1. The minimum atomic E-state index is 0.0647. The van der Waals surface area contributed by atoms with E-state index < -0.39 is 0 Å². The molecule has 2 aromatic rings. The number of benzene rings is 1. The third-order valence-corrected chi connectivity index (χ3v) is 5.55. The highest BCUT2D eigenvalue weighted by Gasteiger charge is 2.18. The maximum absolute atomic E-state index is 12.3. The van der Waals surface area contributed by atoms with Crippen molar-refractivity contribution in [1.82, 2.24) is 15.4 Å². The Hall–Kier alpha value is -1.79. The van der Waals surface area contributed by atoms with Gasteiger partial charge in [-0.2, -0.15) is 0 Å². The number of carbonyl (C=O) groups excluding carboxylic acids is 1. The van der Waals surface area contributed by atoms with E-state index in [4.69, 9.17) is 4.52 Å². The normalized spacial score (nSPS) is 12.3. The Kier molecular flexibility index (Phi) is 8.19. The zero-order valence-electron chi connectivity index (χ0n) is 16.1. The van der Waals surface area contributed by atoms with Crippen molar-refractivity contribution in [3.05, 3.63) is 52.9 Å². The number of amides is 1. The molecule has 6 heteroatoms. The van der Waals surface area contributed by atoms with E-state index in [-0.39, 0.29) is 11.9 Å². The molecule has 0 aliphatic heterocycles. The lowest BCUT2D eigenvalue weighted by molar-refractivity contribution is -0.118. The molecule has 0 aliphatic rings. The van der Waals surface area contributed by atoms with Gasteiger partial charge in [0, 0.05) is 17.9 Å². The van der Waals surface area contributed by atoms with Gasteiger partial charge in [-0.3, -0.25) is 9.69 Å². The second-order valence-electron chi connectivity index (χ2n) is 6.25. The molecule has 142 valence electrons. The Balaban J connectivity index is 1.86. The van der Waals surface area contributed by atoms with Crippen LogP contribution < -0.4 is 5.32 Å². The molecule has 0 aliphatic carbocycles. The lowest BCUT2D eigenvalue weighted by atomic mass is 10.1. The molecule has 0 bridgehead atoms. The summed E-state index contributed by atoms with van der Waals surface area (Å²) in [7, 11) is 0. The molecule has 1 heterocycles. The van der Waals surface area contributed by atoms with Gasteiger partial charge in [0.1, 0.15) is 5.76 Å². The Bertz CT molecular complexity index is 664. The highest BCUT2D eigenvalue weighted by molar-refractivity contribution is 7.99. The van der Waals surface area contributed by atoms with Crippen LogP contribution in [0.5, 0.6) is 0 Å². The number of nitrogens with one attached hydrogen (secondary N) is 1. The van der Waals surface area contributed by atoms with Gasteiger partial charge >= 0.3 is 0 Å². The third-order valence-electron chi connectivity index (χ3n) is 4.59. The number of hydrogen-bond acceptors (Lipinski definition) is 5. The maximum Gasteiger partial charge on any atom is 0.230 e. The van der Waals surface area contributed by atoms with E-state index in [1.807, 2.05) is 32.0 Å². The quantitative estimate of drug-likeness (QED) is 0.686. The first kappa shape index (κ1) is 20.5. The van der Waals surface area contributed by atoms with Gasteiger partial charge in [-0.15, -0.1) is 11.8 Å². The van der Waals surface area contributed by atoms with Crippen LogP contribution in [-0.2, 0) is 10.5 Å². The number of aromatic nitrogens is 1. The molecule has 1 aromatic heterocycles. The standard InChI is InChI=1S/C20H29N3O2S/c1-5-23(6-2)19(17-10-8-7-9-11-17)12-21-20(24)14-26-13-18-15(3)22-25-16(18)4/h7-11,19H,5-6,12-14H2,1-4H3,(H,21,24). The molecule has 1 unspecified atom stereocenters. The molecule has 0 fully saturated rings.